The molecule has 0 aliphatic heterocycles. The lowest BCUT2D eigenvalue weighted by atomic mass is 10.0. The van der Waals surface area contributed by atoms with Gasteiger partial charge in [0.15, 0.2) is 0 Å². The first kappa shape index (κ1) is 19.9. The van der Waals surface area contributed by atoms with E-state index in [0.717, 1.165) is 19.3 Å². The molecule has 0 aromatic carbocycles. The van der Waals surface area contributed by atoms with Gasteiger partial charge in [0.25, 0.3) is 0 Å². The van der Waals surface area contributed by atoms with Crippen molar-refractivity contribution in [3.05, 3.63) is 6.17 Å². The summed E-state index contributed by atoms with van der Waals surface area (Å²) in [6.07, 6.45) is 19.8. The van der Waals surface area contributed by atoms with Crippen molar-refractivity contribution < 1.29 is 4.39 Å². The molecule has 0 aliphatic rings. The molecule has 0 nitrogen and oxygen atoms in total. The van der Waals surface area contributed by atoms with Crippen molar-refractivity contribution in [2.75, 3.05) is 0 Å². The van der Waals surface area contributed by atoms with E-state index in [2.05, 4.69) is 13.8 Å². The third kappa shape index (κ3) is 16.0. The van der Waals surface area contributed by atoms with Gasteiger partial charge in [-0.1, -0.05) is 104 Å². The van der Waals surface area contributed by atoms with Gasteiger partial charge in [-0.3, -0.25) is 0 Å². The van der Waals surface area contributed by atoms with Gasteiger partial charge in [-0.05, 0) is 12.8 Å². The fourth-order valence-corrected chi connectivity index (χ4v) is 2.67. The van der Waals surface area contributed by atoms with Gasteiger partial charge >= 0.3 is 0 Å². The third-order valence-electron chi connectivity index (χ3n) is 4.10. The van der Waals surface area contributed by atoms with E-state index in [4.69, 9.17) is 0 Å². The van der Waals surface area contributed by atoms with Crippen LogP contribution in [0.25, 0.3) is 0 Å². The van der Waals surface area contributed by atoms with Crippen molar-refractivity contribution in [2.45, 2.75) is 117 Å². The average Bonchev–Trinajstić information content (AvgIpc) is 2.45. The van der Waals surface area contributed by atoms with Gasteiger partial charge in [0.05, 0.1) is 0 Å². The van der Waals surface area contributed by atoms with Crippen molar-refractivity contribution in [1.29, 1.82) is 0 Å². The van der Waals surface area contributed by atoms with Gasteiger partial charge in [-0.15, -0.1) is 0 Å². The van der Waals surface area contributed by atoms with Crippen LogP contribution in [0.1, 0.15) is 117 Å². The second-order valence-corrected chi connectivity index (χ2v) is 6.26. The Kier molecular flexibility index (Phi) is 16.9. The van der Waals surface area contributed by atoms with Crippen LogP contribution in [0.3, 0.4) is 0 Å². The molecule has 0 bridgehead atoms. The number of halogens is 1. The van der Waals surface area contributed by atoms with Crippen LogP contribution in [0.2, 0.25) is 0 Å². The molecule has 0 spiro atoms. The molecular formula is C19H38F. The summed E-state index contributed by atoms with van der Waals surface area (Å²) in [7, 11) is 0. The van der Waals surface area contributed by atoms with Gasteiger partial charge in [-0.25, -0.2) is 4.39 Å². The quantitative estimate of drug-likeness (QED) is 0.254. The van der Waals surface area contributed by atoms with E-state index in [-0.39, 0.29) is 6.17 Å². The Morgan fingerprint density at radius 3 is 1.25 bits per heavy atom. The smallest absolute Gasteiger partial charge is 0.144 e. The van der Waals surface area contributed by atoms with E-state index in [1.54, 1.807) is 0 Å². The first-order valence-corrected chi connectivity index (χ1v) is 9.31. The monoisotopic (exact) mass is 285 g/mol. The largest absolute Gasteiger partial charge is 0.240 e. The lowest BCUT2D eigenvalue weighted by Gasteiger charge is -2.06. The molecule has 1 radical (unpaired) electrons. The molecule has 1 heteroatoms. The van der Waals surface area contributed by atoms with E-state index >= 15 is 0 Å². The molecule has 0 saturated heterocycles. The molecule has 0 N–H and O–H groups in total. The normalized spacial score (nSPS) is 11.4. The summed E-state index contributed by atoms with van der Waals surface area (Å²) in [5.41, 5.74) is 0. The van der Waals surface area contributed by atoms with Gasteiger partial charge in [-0.2, -0.15) is 0 Å². The SMILES string of the molecule is CCCCCCCCCCCCC[C](F)CCCCC. The Hall–Kier alpha value is -0.0700. The van der Waals surface area contributed by atoms with Crippen LogP contribution < -0.4 is 0 Å². The lowest BCUT2D eigenvalue weighted by Crippen LogP contribution is -1.91. The zero-order chi connectivity index (χ0) is 14.9. The number of rotatable bonds is 16. The van der Waals surface area contributed by atoms with Crippen LogP contribution in [0.15, 0.2) is 0 Å². The molecule has 0 aromatic rings. The molecule has 0 heterocycles. The van der Waals surface area contributed by atoms with Crippen LogP contribution in [-0.4, -0.2) is 0 Å². The summed E-state index contributed by atoms with van der Waals surface area (Å²) in [5, 5.41) is 0. The van der Waals surface area contributed by atoms with Crippen LogP contribution in [0, 0.1) is 6.17 Å². The second-order valence-electron chi connectivity index (χ2n) is 6.26. The fraction of sp³-hybridized carbons (Fsp3) is 0.947. The van der Waals surface area contributed by atoms with Gasteiger partial charge in [0.1, 0.15) is 6.17 Å². The van der Waals surface area contributed by atoms with Crippen molar-refractivity contribution in [3.8, 4) is 0 Å². The molecule has 0 aromatic heterocycles. The highest BCUT2D eigenvalue weighted by Crippen LogP contribution is 2.21. The first-order chi connectivity index (χ1) is 9.81. The number of hydrogen-bond donors (Lipinski definition) is 0. The topological polar surface area (TPSA) is 0 Å². The van der Waals surface area contributed by atoms with Crippen molar-refractivity contribution in [2.24, 2.45) is 0 Å². The molecule has 0 aliphatic carbocycles. The summed E-state index contributed by atoms with van der Waals surface area (Å²) < 4.78 is 13.4. The molecule has 0 fully saturated rings. The summed E-state index contributed by atoms with van der Waals surface area (Å²) in [5.74, 6) is 0. The molecule has 20 heavy (non-hydrogen) atoms. The van der Waals surface area contributed by atoms with Gasteiger partial charge in [0, 0.05) is 0 Å². The summed E-state index contributed by atoms with van der Waals surface area (Å²) in [6.45, 7) is 4.44. The molecule has 0 rings (SSSR count). The zero-order valence-corrected chi connectivity index (χ0v) is 14.2. The maximum absolute atomic E-state index is 13.4. The fourth-order valence-electron chi connectivity index (χ4n) is 2.67. The highest BCUT2D eigenvalue weighted by Gasteiger charge is 2.06. The minimum Gasteiger partial charge on any atom is -0.240 e. The van der Waals surface area contributed by atoms with Crippen molar-refractivity contribution >= 4 is 0 Å². The highest BCUT2D eigenvalue weighted by molar-refractivity contribution is 4.75. The molecule has 0 atom stereocenters. The van der Waals surface area contributed by atoms with Crippen LogP contribution in [-0.2, 0) is 0 Å². The van der Waals surface area contributed by atoms with E-state index in [0.29, 0.717) is 6.42 Å². The van der Waals surface area contributed by atoms with E-state index < -0.39 is 0 Å². The Bertz CT molecular complexity index is 167. The Morgan fingerprint density at radius 1 is 0.500 bits per heavy atom. The van der Waals surface area contributed by atoms with E-state index in [1.807, 2.05) is 0 Å². The Balaban J connectivity index is 3.05. The lowest BCUT2D eigenvalue weighted by molar-refractivity contribution is 0.399. The predicted molar refractivity (Wildman–Crippen MR) is 89.6 cm³/mol. The number of unbranched alkanes of at least 4 members (excludes halogenated alkanes) is 12. The third-order valence-corrected chi connectivity index (χ3v) is 4.10. The van der Waals surface area contributed by atoms with Crippen LogP contribution >= 0.6 is 0 Å². The van der Waals surface area contributed by atoms with Gasteiger partial charge < -0.3 is 0 Å². The molecule has 0 amide bonds. The Labute approximate surface area is 127 Å². The molecule has 0 saturated carbocycles. The van der Waals surface area contributed by atoms with E-state index in [9.17, 15) is 4.39 Å². The summed E-state index contributed by atoms with van der Waals surface area (Å²) in [4.78, 5) is 0. The maximum atomic E-state index is 13.4. The highest BCUT2D eigenvalue weighted by atomic mass is 19.1. The molecule has 0 unspecified atom stereocenters. The predicted octanol–water partition coefficient (Wildman–Crippen LogP) is 7.77. The maximum Gasteiger partial charge on any atom is 0.144 e. The standard InChI is InChI=1S/C19H38F/c1-3-5-7-8-9-10-11-12-13-14-16-18-19(20)17-15-6-4-2/h3-18H2,1-2H3. The first-order valence-electron chi connectivity index (χ1n) is 9.31. The minimum absolute atomic E-state index is 0.245. The molecule has 121 valence electrons. The number of hydrogen-bond acceptors (Lipinski definition) is 0. The van der Waals surface area contributed by atoms with Crippen molar-refractivity contribution in [1.82, 2.24) is 0 Å². The van der Waals surface area contributed by atoms with E-state index in [1.165, 1.54) is 77.0 Å². The average molecular weight is 286 g/mol. The zero-order valence-electron chi connectivity index (χ0n) is 14.2. The van der Waals surface area contributed by atoms with Crippen LogP contribution in [0.5, 0.6) is 0 Å². The summed E-state index contributed by atoms with van der Waals surface area (Å²) >= 11 is 0. The second kappa shape index (κ2) is 17.0. The van der Waals surface area contributed by atoms with Gasteiger partial charge in [0.2, 0.25) is 0 Å². The Morgan fingerprint density at radius 2 is 0.800 bits per heavy atom. The molecular weight excluding hydrogens is 247 g/mol. The van der Waals surface area contributed by atoms with Crippen LogP contribution in [0.4, 0.5) is 4.39 Å². The minimum atomic E-state index is 0.245. The summed E-state index contributed by atoms with van der Waals surface area (Å²) in [6, 6.07) is 0. The van der Waals surface area contributed by atoms with Crippen molar-refractivity contribution in [3.63, 3.8) is 0 Å².